The molecule has 0 aromatic heterocycles. The number of hydrogen-bond donors (Lipinski definition) is 1. The summed E-state index contributed by atoms with van der Waals surface area (Å²) >= 11 is 0. The molecule has 0 fully saturated rings. The monoisotopic (exact) mass is 412 g/mol. The number of nitrogens with one attached hydrogen (secondary N) is 1. The molecule has 2 rings (SSSR count). The molecule has 2 amide bonds. The second-order valence-corrected chi connectivity index (χ2v) is 7.25. The normalized spacial score (nSPS) is 11.5. The van der Waals surface area contributed by atoms with Gasteiger partial charge in [0.1, 0.15) is 17.5 Å². The Kier molecular flexibility index (Phi) is 8.71. The number of rotatable bonds is 10. The number of methoxy groups -OCH3 is 1. The van der Waals surface area contributed by atoms with Crippen LogP contribution in [-0.2, 0) is 16.1 Å². The molecule has 2 aromatic carbocycles. The smallest absolute Gasteiger partial charge is 0.261 e. The van der Waals surface area contributed by atoms with Gasteiger partial charge in [-0.1, -0.05) is 36.8 Å². The summed E-state index contributed by atoms with van der Waals surface area (Å²) in [5.41, 5.74) is 2.99. The molecule has 6 heteroatoms. The molecule has 0 bridgehead atoms. The van der Waals surface area contributed by atoms with Gasteiger partial charge in [-0.2, -0.15) is 0 Å². The van der Waals surface area contributed by atoms with E-state index in [2.05, 4.69) is 5.32 Å². The van der Waals surface area contributed by atoms with Crippen LogP contribution in [0.3, 0.4) is 0 Å². The quantitative estimate of drug-likeness (QED) is 0.647. The topological polar surface area (TPSA) is 67.9 Å². The molecule has 0 aliphatic heterocycles. The average Bonchev–Trinajstić information content (AvgIpc) is 2.73. The number of carbonyl (C=O) groups excluding carboxylic acids is 2. The molecular weight excluding hydrogens is 380 g/mol. The molecule has 1 N–H and O–H groups in total. The van der Waals surface area contributed by atoms with Crippen molar-refractivity contribution in [2.45, 2.75) is 46.7 Å². The van der Waals surface area contributed by atoms with Crippen LogP contribution in [0, 0.1) is 13.8 Å². The molecule has 0 heterocycles. The minimum atomic E-state index is -0.577. The Morgan fingerprint density at radius 1 is 1.10 bits per heavy atom. The summed E-state index contributed by atoms with van der Waals surface area (Å²) in [5.74, 6) is 0.970. The van der Waals surface area contributed by atoms with Gasteiger partial charge in [0.15, 0.2) is 6.61 Å². The van der Waals surface area contributed by atoms with Crippen LogP contribution in [0.5, 0.6) is 11.5 Å². The first kappa shape index (κ1) is 23.3. The van der Waals surface area contributed by atoms with Gasteiger partial charge in [-0.25, -0.2) is 0 Å². The van der Waals surface area contributed by atoms with Crippen LogP contribution in [0.2, 0.25) is 0 Å². The van der Waals surface area contributed by atoms with Crippen LogP contribution in [0.15, 0.2) is 42.5 Å². The molecule has 0 saturated carbocycles. The molecule has 0 unspecified atom stereocenters. The zero-order valence-corrected chi connectivity index (χ0v) is 18.5. The van der Waals surface area contributed by atoms with E-state index in [4.69, 9.17) is 9.47 Å². The third kappa shape index (κ3) is 6.24. The molecule has 0 radical (unpaired) electrons. The summed E-state index contributed by atoms with van der Waals surface area (Å²) in [6, 6.07) is 12.8. The van der Waals surface area contributed by atoms with Crippen LogP contribution >= 0.6 is 0 Å². The van der Waals surface area contributed by atoms with Crippen LogP contribution in [0.1, 0.15) is 37.0 Å². The van der Waals surface area contributed by atoms with Crippen molar-refractivity contribution in [2.75, 3.05) is 20.3 Å². The number of aryl methyl sites for hydroxylation is 2. The Morgan fingerprint density at radius 2 is 1.87 bits per heavy atom. The molecule has 2 aromatic rings. The lowest BCUT2D eigenvalue weighted by Crippen LogP contribution is -2.50. The fourth-order valence-electron chi connectivity index (χ4n) is 3.36. The summed E-state index contributed by atoms with van der Waals surface area (Å²) in [6.07, 6.45) is 0.505. The fraction of sp³-hybridized carbons (Fsp3) is 0.417. The molecule has 6 nitrogen and oxygen atoms in total. The van der Waals surface area contributed by atoms with Crippen molar-refractivity contribution in [2.24, 2.45) is 0 Å². The SMILES string of the molecule is CCNC(=O)[C@H](CC)N(Cc1cccc(OC)c1)C(=O)COc1ccc(C)cc1C. The van der Waals surface area contributed by atoms with Crippen LogP contribution in [0.25, 0.3) is 0 Å². The predicted molar refractivity (Wildman–Crippen MR) is 118 cm³/mol. The Labute approximate surface area is 179 Å². The van der Waals surface area contributed by atoms with Crippen LogP contribution in [-0.4, -0.2) is 43.0 Å². The van der Waals surface area contributed by atoms with Crippen molar-refractivity contribution < 1.29 is 19.1 Å². The van der Waals surface area contributed by atoms with E-state index in [1.165, 1.54) is 0 Å². The summed E-state index contributed by atoms with van der Waals surface area (Å²) in [5, 5.41) is 2.83. The third-order valence-electron chi connectivity index (χ3n) is 4.91. The minimum Gasteiger partial charge on any atom is -0.497 e. The predicted octanol–water partition coefficient (Wildman–Crippen LogP) is 3.63. The lowest BCUT2D eigenvalue weighted by molar-refractivity contribution is -0.142. The second-order valence-electron chi connectivity index (χ2n) is 7.25. The van der Waals surface area contributed by atoms with Gasteiger partial charge in [0, 0.05) is 13.1 Å². The number of benzene rings is 2. The largest absolute Gasteiger partial charge is 0.497 e. The molecule has 0 aliphatic rings. The van der Waals surface area contributed by atoms with Gasteiger partial charge in [-0.3, -0.25) is 9.59 Å². The highest BCUT2D eigenvalue weighted by molar-refractivity contribution is 5.88. The summed E-state index contributed by atoms with van der Waals surface area (Å²) in [6.45, 7) is 8.39. The van der Waals surface area contributed by atoms with E-state index in [1.54, 1.807) is 12.0 Å². The minimum absolute atomic E-state index is 0.135. The van der Waals surface area contributed by atoms with Crippen molar-refractivity contribution in [3.63, 3.8) is 0 Å². The molecule has 1 atom stereocenters. The standard InChI is InChI=1S/C24H32N2O4/c1-6-21(24(28)25-7-2)26(15-19-9-8-10-20(14-19)29-5)23(27)16-30-22-12-11-17(3)13-18(22)4/h8-14,21H,6-7,15-16H2,1-5H3,(H,25,28)/t21-/m0/s1. The highest BCUT2D eigenvalue weighted by Gasteiger charge is 2.28. The highest BCUT2D eigenvalue weighted by atomic mass is 16.5. The molecule has 0 aliphatic carbocycles. The Bertz CT molecular complexity index is 866. The van der Waals surface area contributed by atoms with Crippen molar-refractivity contribution in [1.82, 2.24) is 10.2 Å². The summed E-state index contributed by atoms with van der Waals surface area (Å²) in [7, 11) is 1.60. The van der Waals surface area contributed by atoms with Crippen LogP contribution in [0.4, 0.5) is 0 Å². The molecule has 0 spiro atoms. The first-order chi connectivity index (χ1) is 14.4. The number of carbonyl (C=O) groups is 2. The molecular formula is C24H32N2O4. The first-order valence-electron chi connectivity index (χ1n) is 10.3. The highest BCUT2D eigenvalue weighted by Crippen LogP contribution is 2.20. The number of hydrogen-bond acceptors (Lipinski definition) is 4. The van der Waals surface area contributed by atoms with E-state index in [-0.39, 0.29) is 18.4 Å². The van der Waals surface area contributed by atoms with E-state index in [0.717, 1.165) is 16.7 Å². The number of ether oxygens (including phenoxy) is 2. The lowest BCUT2D eigenvalue weighted by Gasteiger charge is -2.30. The maximum atomic E-state index is 13.2. The van der Waals surface area contributed by atoms with E-state index >= 15 is 0 Å². The zero-order valence-electron chi connectivity index (χ0n) is 18.5. The van der Waals surface area contributed by atoms with Gasteiger partial charge in [0.25, 0.3) is 5.91 Å². The van der Waals surface area contributed by atoms with Crippen molar-refractivity contribution >= 4 is 11.8 Å². The third-order valence-corrected chi connectivity index (χ3v) is 4.91. The van der Waals surface area contributed by atoms with Crippen molar-refractivity contribution in [3.05, 3.63) is 59.2 Å². The molecule has 0 saturated heterocycles. The zero-order chi connectivity index (χ0) is 22.1. The maximum Gasteiger partial charge on any atom is 0.261 e. The summed E-state index contributed by atoms with van der Waals surface area (Å²) in [4.78, 5) is 27.4. The van der Waals surface area contributed by atoms with E-state index in [9.17, 15) is 9.59 Å². The number of nitrogens with zero attached hydrogens (tertiary/aromatic N) is 1. The maximum absolute atomic E-state index is 13.2. The Morgan fingerprint density at radius 3 is 2.50 bits per heavy atom. The van der Waals surface area contributed by atoms with Crippen molar-refractivity contribution in [3.8, 4) is 11.5 Å². The van der Waals surface area contributed by atoms with E-state index in [1.807, 2.05) is 70.2 Å². The Hall–Kier alpha value is -3.02. The summed E-state index contributed by atoms with van der Waals surface area (Å²) < 4.78 is 11.1. The van der Waals surface area contributed by atoms with E-state index < -0.39 is 6.04 Å². The first-order valence-corrected chi connectivity index (χ1v) is 10.3. The second kappa shape index (κ2) is 11.2. The van der Waals surface area contributed by atoms with Crippen molar-refractivity contribution in [1.29, 1.82) is 0 Å². The number of amides is 2. The van der Waals surface area contributed by atoms with Gasteiger partial charge >= 0.3 is 0 Å². The lowest BCUT2D eigenvalue weighted by atomic mass is 10.1. The van der Waals surface area contributed by atoms with Crippen LogP contribution < -0.4 is 14.8 Å². The van der Waals surface area contributed by atoms with Gasteiger partial charge in [0.05, 0.1) is 7.11 Å². The average molecular weight is 413 g/mol. The van der Waals surface area contributed by atoms with Gasteiger partial charge < -0.3 is 19.7 Å². The molecule has 30 heavy (non-hydrogen) atoms. The van der Waals surface area contributed by atoms with Gasteiger partial charge in [-0.15, -0.1) is 0 Å². The fourth-order valence-corrected chi connectivity index (χ4v) is 3.36. The molecule has 162 valence electrons. The number of likely N-dealkylation sites (N-methyl/N-ethyl adjacent to an activating group) is 1. The van der Waals surface area contributed by atoms with Gasteiger partial charge in [0.2, 0.25) is 5.91 Å². The Balaban J connectivity index is 2.23. The van der Waals surface area contributed by atoms with E-state index in [0.29, 0.717) is 31.0 Å². The van der Waals surface area contributed by atoms with Gasteiger partial charge in [-0.05, 0) is 56.5 Å².